The van der Waals surface area contributed by atoms with Gasteiger partial charge in [0.25, 0.3) is 0 Å². The Morgan fingerprint density at radius 2 is 2.18 bits per heavy atom. The van der Waals surface area contributed by atoms with Crippen molar-refractivity contribution in [3.8, 4) is 0 Å². The molecule has 2 N–H and O–H groups in total. The van der Waals surface area contributed by atoms with Crippen molar-refractivity contribution >= 4 is 5.97 Å². The quantitative estimate of drug-likeness (QED) is 0.608. The number of aliphatic carboxylic acids is 1. The predicted octanol–water partition coefficient (Wildman–Crippen LogP) is 0.247. The van der Waals surface area contributed by atoms with Crippen molar-refractivity contribution in [3.63, 3.8) is 0 Å². The molecule has 0 amide bonds. The standard InChI is InChI=1S/C7H14O4/c1-3-11-5(2)4-6(8)7(9)10/h5-6,8H,3-4H2,1-2H3,(H,9,10). The molecular formula is C7H14O4. The number of aliphatic hydroxyl groups excluding tert-OH is 1. The summed E-state index contributed by atoms with van der Waals surface area (Å²) in [6.07, 6.45) is -1.37. The Kier molecular flexibility index (Phi) is 4.81. The summed E-state index contributed by atoms with van der Waals surface area (Å²) in [6, 6.07) is 0. The average molecular weight is 162 g/mol. The van der Waals surface area contributed by atoms with Gasteiger partial charge in [-0.05, 0) is 13.8 Å². The molecule has 0 aliphatic rings. The molecule has 0 spiro atoms. The van der Waals surface area contributed by atoms with Gasteiger partial charge < -0.3 is 14.9 Å². The van der Waals surface area contributed by atoms with Crippen molar-refractivity contribution in [1.82, 2.24) is 0 Å². The highest BCUT2D eigenvalue weighted by atomic mass is 16.5. The van der Waals surface area contributed by atoms with Gasteiger partial charge in [-0.1, -0.05) is 0 Å². The summed E-state index contributed by atoms with van der Waals surface area (Å²) in [4.78, 5) is 10.1. The van der Waals surface area contributed by atoms with Crippen molar-refractivity contribution in [2.24, 2.45) is 0 Å². The molecule has 0 aliphatic carbocycles. The van der Waals surface area contributed by atoms with Crippen LogP contribution in [-0.4, -0.2) is 35.0 Å². The van der Waals surface area contributed by atoms with E-state index in [4.69, 9.17) is 14.9 Å². The minimum atomic E-state index is -1.31. The molecule has 2 atom stereocenters. The zero-order valence-electron chi connectivity index (χ0n) is 6.78. The first kappa shape index (κ1) is 10.4. The summed E-state index contributed by atoms with van der Waals surface area (Å²) >= 11 is 0. The molecule has 0 radical (unpaired) electrons. The summed E-state index contributed by atoms with van der Waals surface area (Å²) in [5.41, 5.74) is 0. The number of hydrogen-bond acceptors (Lipinski definition) is 3. The molecule has 0 fully saturated rings. The molecule has 0 aromatic rings. The maximum atomic E-state index is 10.1. The van der Waals surface area contributed by atoms with E-state index in [1.807, 2.05) is 6.92 Å². The van der Waals surface area contributed by atoms with Gasteiger partial charge in [0.2, 0.25) is 0 Å². The molecule has 0 heterocycles. The molecule has 4 nitrogen and oxygen atoms in total. The van der Waals surface area contributed by atoms with Gasteiger partial charge in [-0.3, -0.25) is 0 Å². The fraction of sp³-hybridized carbons (Fsp3) is 0.857. The number of carboxylic acids is 1. The van der Waals surface area contributed by atoms with Gasteiger partial charge in [-0.2, -0.15) is 0 Å². The van der Waals surface area contributed by atoms with E-state index < -0.39 is 12.1 Å². The zero-order chi connectivity index (χ0) is 8.85. The first-order valence-corrected chi connectivity index (χ1v) is 3.60. The van der Waals surface area contributed by atoms with Crippen molar-refractivity contribution < 1.29 is 19.7 Å². The number of rotatable bonds is 5. The predicted molar refractivity (Wildman–Crippen MR) is 39.3 cm³/mol. The Balaban J connectivity index is 3.56. The fourth-order valence-corrected chi connectivity index (χ4v) is 0.768. The van der Waals surface area contributed by atoms with Crippen molar-refractivity contribution in [2.75, 3.05) is 6.61 Å². The van der Waals surface area contributed by atoms with E-state index in [-0.39, 0.29) is 12.5 Å². The van der Waals surface area contributed by atoms with Gasteiger partial charge in [-0.25, -0.2) is 4.79 Å². The molecule has 0 saturated heterocycles. The van der Waals surface area contributed by atoms with Crippen molar-refractivity contribution in [3.05, 3.63) is 0 Å². The molecular weight excluding hydrogens is 148 g/mol. The van der Waals surface area contributed by atoms with E-state index in [1.54, 1.807) is 6.92 Å². The van der Waals surface area contributed by atoms with E-state index >= 15 is 0 Å². The van der Waals surface area contributed by atoms with Crippen LogP contribution in [0.2, 0.25) is 0 Å². The molecule has 0 aromatic carbocycles. The molecule has 11 heavy (non-hydrogen) atoms. The van der Waals surface area contributed by atoms with Crippen molar-refractivity contribution in [2.45, 2.75) is 32.5 Å². The van der Waals surface area contributed by atoms with Crippen LogP contribution in [0, 0.1) is 0 Å². The summed E-state index contributed by atoms with van der Waals surface area (Å²) in [5.74, 6) is -1.20. The first-order chi connectivity index (χ1) is 5.07. The number of aliphatic hydroxyl groups is 1. The molecule has 0 rings (SSSR count). The smallest absolute Gasteiger partial charge is 0.332 e. The summed E-state index contributed by atoms with van der Waals surface area (Å²) < 4.78 is 5.04. The van der Waals surface area contributed by atoms with E-state index in [0.29, 0.717) is 6.61 Å². The van der Waals surface area contributed by atoms with Crippen LogP contribution in [0.5, 0.6) is 0 Å². The van der Waals surface area contributed by atoms with Gasteiger partial charge in [-0.15, -0.1) is 0 Å². The van der Waals surface area contributed by atoms with Crippen LogP contribution in [0.4, 0.5) is 0 Å². The molecule has 0 saturated carbocycles. The molecule has 0 aromatic heterocycles. The van der Waals surface area contributed by atoms with E-state index in [1.165, 1.54) is 0 Å². The van der Waals surface area contributed by atoms with Crippen LogP contribution in [0.3, 0.4) is 0 Å². The number of ether oxygens (including phenoxy) is 1. The monoisotopic (exact) mass is 162 g/mol. The average Bonchev–Trinajstić information content (AvgIpc) is 1.87. The SMILES string of the molecule is CCOC(C)CC(O)C(=O)O. The van der Waals surface area contributed by atoms with Crippen LogP contribution >= 0.6 is 0 Å². The van der Waals surface area contributed by atoms with Crippen LogP contribution in [-0.2, 0) is 9.53 Å². The topological polar surface area (TPSA) is 66.8 Å². The minimum Gasteiger partial charge on any atom is -0.479 e. The second-order valence-corrected chi connectivity index (χ2v) is 2.36. The lowest BCUT2D eigenvalue weighted by atomic mass is 10.2. The maximum Gasteiger partial charge on any atom is 0.332 e. The van der Waals surface area contributed by atoms with Crippen LogP contribution in [0.15, 0.2) is 0 Å². The van der Waals surface area contributed by atoms with Gasteiger partial charge in [0.15, 0.2) is 6.10 Å². The Morgan fingerprint density at radius 1 is 1.64 bits per heavy atom. The molecule has 0 bridgehead atoms. The maximum absolute atomic E-state index is 10.1. The number of hydrogen-bond donors (Lipinski definition) is 2. The summed E-state index contributed by atoms with van der Waals surface area (Å²) in [6.45, 7) is 4.09. The molecule has 66 valence electrons. The lowest BCUT2D eigenvalue weighted by molar-refractivity contribution is -0.148. The molecule has 0 aliphatic heterocycles. The van der Waals surface area contributed by atoms with Gasteiger partial charge >= 0.3 is 5.97 Å². The second-order valence-electron chi connectivity index (χ2n) is 2.36. The minimum absolute atomic E-state index is 0.142. The zero-order valence-corrected chi connectivity index (χ0v) is 6.78. The Labute approximate surface area is 65.8 Å². The Morgan fingerprint density at radius 3 is 2.55 bits per heavy atom. The van der Waals surface area contributed by atoms with E-state index in [2.05, 4.69) is 0 Å². The van der Waals surface area contributed by atoms with Gasteiger partial charge in [0, 0.05) is 13.0 Å². The van der Waals surface area contributed by atoms with Crippen LogP contribution < -0.4 is 0 Å². The lowest BCUT2D eigenvalue weighted by Crippen LogP contribution is -2.25. The highest BCUT2D eigenvalue weighted by Crippen LogP contribution is 2.01. The van der Waals surface area contributed by atoms with Crippen LogP contribution in [0.1, 0.15) is 20.3 Å². The van der Waals surface area contributed by atoms with E-state index in [0.717, 1.165) is 0 Å². The third kappa shape index (κ3) is 4.75. The van der Waals surface area contributed by atoms with Gasteiger partial charge in [0.1, 0.15) is 0 Å². The number of carboxylic acid groups (broad SMARTS) is 1. The Hall–Kier alpha value is -0.610. The largest absolute Gasteiger partial charge is 0.479 e. The first-order valence-electron chi connectivity index (χ1n) is 3.60. The van der Waals surface area contributed by atoms with E-state index in [9.17, 15) is 4.79 Å². The van der Waals surface area contributed by atoms with Crippen LogP contribution in [0.25, 0.3) is 0 Å². The third-order valence-corrected chi connectivity index (χ3v) is 1.29. The summed E-state index contributed by atoms with van der Waals surface area (Å²) in [7, 11) is 0. The highest BCUT2D eigenvalue weighted by Gasteiger charge is 2.16. The second kappa shape index (κ2) is 5.09. The highest BCUT2D eigenvalue weighted by molar-refractivity contribution is 5.71. The third-order valence-electron chi connectivity index (χ3n) is 1.29. The Bertz CT molecular complexity index is 124. The normalized spacial score (nSPS) is 15.9. The molecule has 2 unspecified atom stereocenters. The summed E-state index contributed by atoms with van der Waals surface area (Å²) in [5, 5.41) is 17.1. The lowest BCUT2D eigenvalue weighted by Gasteiger charge is -2.12. The number of carbonyl (C=O) groups is 1. The fourth-order valence-electron chi connectivity index (χ4n) is 0.768. The van der Waals surface area contributed by atoms with Crippen molar-refractivity contribution in [1.29, 1.82) is 0 Å². The van der Waals surface area contributed by atoms with Gasteiger partial charge in [0.05, 0.1) is 6.10 Å². The molecule has 4 heteroatoms.